The van der Waals surface area contributed by atoms with Crippen molar-refractivity contribution in [2.24, 2.45) is 13.0 Å². The molecule has 0 aliphatic carbocycles. The predicted octanol–water partition coefficient (Wildman–Crippen LogP) is 2.57. The number of benzene rings is 1. The van der Waals surface area contributed by atoms with Crippen LogP contribution in [0, 0.1) is 5.92 Å². The van der Waals surface area contributed by atoms with Crippen LogP contribution in [-0.2, 0) is 23.0 Å². The molecule has 6 heteroatoms. The van der Waals surface area contributed by atoms with Crippen LogP contribution in [0.5, 0.6) is 0 Å². The Morgan fingerprint density at radius 1 is 1.20 bits per heavy atom. The Morgan fingerprint density at radius 2 is 2.04 bits per heavy atom. The Hall–Kier alpha value is -2.60. The fourth-order valence-electron chi connectivity index (χ4n) is 3.27. The van der Waals surface area contributed by atoms with Crippen LogP contribution in [0.25, 0.3) is 22.0 Å². The standard InChI is InChI=1S/C19H20N4O2/c1-23-12-16(11-20-23)14-2-3-18-15(8-14)9-17(21-22-18)10-19(24)13-4-6-25-7-5-13/h2-3,8-9,11-13H,4-7,10H2,1H3. The van der Waals surface area contributed by atoms with Crippen LogP contribution in [0.4, 0.5) is 0 Å². The molecule has 1 fully saturated rings. The van der Waals surface area contributed by atoms with Gasteiger partial charge in [-0.2, -0.15) is 15.3 Å². The van der Waals surface area contributed by atoms with Crippen molar-refractivity contribution in [3.05, 3.63) is 42.4 Å². The molecule has 2 aromatic heterocycles. The summed E-state index contributed by atoms with van der Waals surface area (Å²) in [5, 5.41) is 13.7. The second kappa shape index (κ2) is 6.72. The molecule has 3 heterocycles. The molecule has 1 aromatic carbocycles. The van der Waals surface area contributed by atoms with E-state index in [0.29, 0.717) is 19.6 Å². The second-order valence-electron chi connectivity index (χ2n) is 6.54. The molecule has 128 valence electrons. The van der Waals surface area contributed by atoms with Gasteiger partial charge in [-0.15, -0.1) is 0 Å². The van der Waals surface area contributed by atoms with Gasteiger partial charge in [0.05, 0.1) is 23.8 Å². The number of ketones is 1. The lowest BCUT2D eigenvalue weighted by molar-refractivity contribution is -0.125. The van der Waals surface area contributed by atoms with Gasteiger partial charge in [0.15, 0.2) is 0 Å². The summed E-state index contributed by atoms with van der Waals surface area (Å²) in [6, 6.07) is 8.01. The molecule has 1 saturated heterocycles. The zero-order chi connectivity index (χ0) is 17.2. The largest absolute Gasteiger partial charge is 0.381 e. The first-order valence-corrected chi connectivity index (χ1v) is 8.55. The van der Waals surface area contributed by atoms with Crippen LogP contribution in [0.2, 0.25) is 0 Å². The first kappa shape index (κ1) is 15.9. The van der Waals surface area contributed by atoms with Gasteiger partial charge < -0.3 is 4.74 Å². The zero-order valence-electron chi connectivity index (χ0n) is 14.2. The molecule has 0 saturated carbocycles. The highest BCUT2D eigenvalue weighted by atomic mass is 16.5. The van der Waals surface area contributed by atoms with Gasteiger partial charge in [0.25, 0.3) is 0 Å². The molecular weight excluding hydrogens is 316 g/mol. The maximum atomic E-state index is 12.5. The average Bonchev–Trinajstić information content (AvgIpc) is 3.08. The van der Waals surface area contributed by atoms with Gasteiger partial charge in [0, 0.05) is 43.3 Å². The lowest BCUT2D eigenvalue weighted by Gasteiger charge is -2.20. The number of Topliss-reactive ketones (excluding diaryl/α,β-unsaturated/α-hetero) is 1. The number of fused-ring (bicyclic) bond motifs is 1. The van der Waals surface area contributed by atoms with Gasteiger partial charge in [-0.25, -0.2) is 0 Å². The van der Waals surface area contributed by atoms with Crippen molar-refractivity contribution < 1.29 is 9.53 Å². The van der Waals surface area contributed by atoms with E-state index in [-0.39, 0.29) is 11.7 Å². The minimum atomic E-state index is 0.0907. The number of nitrogens with zero attached hydrogens (tertiary/aromatic N) is 4. The number of hydrogen-bond donors (Lipinski definition) is 0. The van der Waals surface area contributed by atoms with Gasteiger partial charge in [-0.05, 0) is 36.6 Å². The van der Waals surface area contributed by atoms with Crippen molar-refractivity contribution >= 4 is 16.7 Å². The molecule has 0 spiro atoms. The minimum Gasteiger partial charge on any atom is -0.381 e. The lowest BCUT2D eigenvalue weighted by atomic mass is 9.92. The number of ether oxygens (including phenoxy) is 1. The Morgan fingerprint density at radius 3 is 2.80 bits per heavy atom. The topological polar surface area (TPSA) is 69.9 Å². The predicted molar refractivity (Wildman–Crippen MR) is 94.0 cm³/mol. The number of aryl methyl sites for hydroxylation is 1. The number of carbonyl (C=O) groups is 1. The van der Waals surface area contributed by atoms with Crippen LogP contribution in [-0.4, -0.2) is 39.0 Å². The van der Waals surface area contributed by atoms with Gasteiger partial charge in [0.1, 0.15) is 5.78 Å². The molecule has 0 bridgehead atoms. The van der Waals surface area contributed by atoms with Gasteiger partial charge in [0.2, 0.25) is 0 Å². The molecule has 1 aliphatic heterocycles. The fraction of sp³-hybridized carbons (Fsp3) is 0.368. The van der Waals surface area contributed by atoms with Crippen molar-refractivity contribution in [3.63, 3.8) is 0 Å². The van der Waals surface area contributed by atoms with Crippen molar-refractivity contribution in [3.8, 4) is 11.1 Å². The number of aromatic nitrogens is 4. The molecule has 0 unspecified atom stereocenters. The molecule has 6 nitrogen and oxygen atoms in total. The smallest absolute Gasteiger partial charge is 0.142 e. The zero-order valence-corrected chi connectivity index (χ0v) is 14.2. The van der Waals surface area contributed by atoms with E-state index in [2.05, 4.69) is 21.4 Å². The normalized spacial score (nSPS) is 15.6. The second-order valence-corrected chi connectivity index (χ2v) is 6.54. The van der Waals surface area contributed by atoms with Crippen LogP contribution in [0.1, 0.15) is 18.5 Å². The highest BCUT2D eigenvalue weighted by Gasteiger charge is 2.22. The highest BCUT2D eigenvalue weighted by Crippen LogP contribution is 2.24. The summed E-state index contributed by atoms with van der Waals surface area (Å²) < 4.78 is 7.11. The highest BCUT2D eigenvalue weighted by molar-refractivity contribution is 5.86. The average molecular weight is 336 g/mol. The number of rotatable bonds is 4. The third-order valence-electron chi connectivity index (χ3n) is 4.71. The quantitative estimate of drug-likeness (QED) is 0.732. The summed E-state index contributed by atoms with van der Waals surface area (Å²) in [4.78, 5) is 12.5. The Labute approximate surface area is 145 Å². The molecule has 1 aliphatic rings. The summed E-state index contributed by atoms with van der Waals surface area (Å²) in [6.45, 7) is 1.35. The molecule has 0 radical (unpaired) electrons. The maximum absolute atomic E-state index is 12.5. The number of hydrogen-bond acceptors (Lipinski definition) is 5. The van der Waals surface area contributed by atoms with Crippen molar-refractivity contribution in [1.82, 2.24) is 20.0 Å². The molecule has 3 aromatic rings. The monoisotopic (exact) mass is 336 g/mol. The molecule has 0 atom stereocenters. The van der Waals surface area contributed by atoms with Gasteiger partial charge >= 0.3 is 0 Å². The van der Waals surface area contributed by atoms with Gasteiger partial charge in [-0.3, -0.25) is 9.48 Å². The van der Waals surface area contributed by atoms with Crippen molar-refractivity contribution in [2.75, 3.05) is 13.2 Å². The van der Waals surface area contributed by atoms with Crippen LogP contribution in [0.15, 0.2) is 36.7 Å². The van der Waals surface area contributed by atoms with Crippen molar-refractivity contribution in [2.45, 2.75) is 19.3 Å². The molecule has 0 amide bonds. The van der Waals surface area contributed by atoms with Gasteiger partial charge in [-0.1, -0.05) is 6.07 Å². The van der Waals surface area contributed by atoms with E-state index in [4.69, 9.17) is 4.74 Å². The first-order valence-electron chi connectivity index (χ1n) is 8.55. The van der Waals surface area contributed by atoms with E-state index >= 15 is 0 Å². The molecule has 25 heavy (non-hydrogen) atoms. The Kier molecular flexibility index (Phi) is 4.28. The maximum Gasteiger partial charge on any atom is 0.142 e. The molecular formula is C19H20N4O2. The Balaban J connectivity index is 1.59. The van der Waals surface area contributed by atoms with Crippen molar-refractivity contribution in [1.29, 1.82) is 0 Å². The number of carbonyl (C=O) groups excluding carboxylic acids is 1. The SMILES string of the molecule is Cn1cc(-c2ccc3nnc(CC(=O)C4CCOCC4)cc3c2)cn1. The van der Waals surface area contributed by atoms with E-state index in [1.165, 1.54) is 0 Å². The summed E-state index contributed by atoms with van der Waals surface area (Å²) in [5.74, 6) is 0.327. The van der Waals surface area contributed by atoms with E-state index in [0.717, 1.165) is 40.6 Å². The van der Waals surface area contributed by atoms with Crippen LogP contribution < -0.4 is 0 Å². The summed E-state index contributed by atoms with van der Waals surface area (Å²) in [6.07, 6.45) is 5.78. The third-order valence-corrected chi connectivity index (χ3v) is 4.71. The Bertz CT molecular complexity index is 913. The summed E-state index contributed by atoms with van der Waals surface area (Å²) >= 11 is 0. The first-order chi connectivity index (χ1) is 12.2. The third kappa shape index (κ3) is 3.44. The van der Waals surface area contributed by atoms with Crippen LogP contribution >= 0.6 is 0 Å². The minimum absolute atomic E-state index is 0.0907. The van der Waals surface area contributed by atoms with E-state index < -0.39 is 0 Å². The molecule has 4 rings (SSSR count). The van der Waals surface area contributed by atoms with E-state index in [1.807, 2.05) is 37.6 Å². The van der Waals surface area contributed by atoms with Crippen LogP contribution in [0.3, 0.4) is 0 Å². The van der Waals surface area contributed by atoms with E-state index in [9.17, 15) is 4.79 Å². The lowest BCUT2D eigenvalue weighted by Crippen LogP contribution is -2.25. The van der Waals surface area contributed by atoms with E-state index in [1.54, 1.807) is 4.68 Å². The summed E-state index contributed by atoms with van der Waals surface area (Å²) in [7, 11) is 1.90. The fourth-order valence-corrected chi connectivity index (χ4v) is 3.27. The molecule has 0 N–H and O–H groups in total. The summed E-state index contributed by atoms with van der Waals surface area (Å²) in [5.41, 5.74) is 3.69.